The summed E-state index contributed by atoms with van der Waals surface area (Å²) in [6.45, 7) is 3.73. The van der Waals surface area contributed by atoms with E-state index in [1.165, 1.54) is 5.57 Å². The van der Waals surface area contributed by atoms with Gasteiger partial charge in [0.15, 0.2) is 0 Å². The van der Waals surface area contributed by atoms with Crippen LogP contribution in [0.2, 0.25) is 0 Å². The molecule has 136 valence electrons. The van der Waals surface area contributed by atoms with Crippen molar-refractivity contribution in [2.24, 2.45) is 5.41 Å². The third-order valence-corrected chi connectivity index (χ3v) is 7.54. The summed E-state index contributed by atoms with van der Waals surface area (Å²) >= 11 is 3.14. The van der Waals surface area contributed by atoms with Crippen LogP contribution in [0.15, 0.2) is 21.4 Å². The average Bonchev–Trinajstić information content (AvgIpc) is 3.17. The molecule has 4 rings (SSSR count). The van der Waals surface area contributed by atoms with Gasteiger partial charge in [0.25, 0.3) is 5.91 Å². The first-order valence-electron chi connectivity index (χ1n) is 8.90. The van der Waals surface area contributed by atoms with Crippen LogP contribution in [0.5, 0.6) is 0 Å². The molecule has 25 heavy (non-hydrogen) atoms. The van der Waals surface area contributed by atoms with Crippen LogP contribution >= 0.6 is 23.1 Å². The average molecular weight is 381 g/mol. The van der Waals surface area contributed by atoms with Gasteiger partial charge in [-0.15, -0.1) is 11.3 Å². The maximum absolute atomic E-state index is 13.2. The van der Waals surface area contributed by atoms with Gasteiger partial charge >= 0.3 is 0 Å². The number of carbonyl (C=O) groups is 1. The first kappa shape index (κ1) is 17.5. The fraction of sp³-hybridized carbons (Fsp3) is 0.667. The van der Waals surface area contributed by atoms with Gasteiger partial charge < -0.3 is 14.4 Å². The predicted octanol–water partition coefficient (Wildman–Crippen LogP) is 3.22. The van der Waals surface area contributed by atoms with E-state index < -0.39 is 0 Å². The Labute approximate surface area is 156 Å². The molecule has 1 amide bonds. The van der Waals surface area contributed by atoms with Crippen molar-refractivity contribution in [2.45, 2.75) is 36.1 Å². The summed E-state index contributed by atoms with van der Waals surface area (Å²) in [4.78, 5) is 19.8. The van der Waals surface area contributed by atoms with Gasteiger partial charge in [-0.2, -0.15) is 0 Å². The van der Waals surface area contributed by atoms with Crippen LogP contribution in [0.25, 0.3) is 0 Å². The van der Waals surface area contributed by atoms with Crippen molar-refractivity contribution in [3.63, 3.8) is 0 Å². The van der Waals surface area contributed by atoms with E-state index in [4.69, 9.17) is 9.47 Å². The maximum atomic E-state index is 13.2. The number of thioether (sulfide) groups is 1. The number of hydrogen-bond donors (Lipinski definition) is 0. The number of aromatic nitrogens is 1. The molecule has 7 heteroatoms. The Morgan fingerprint density at radius 2 is 2.36 bits per heavy atom. The molecule has 0 N–H and O–H groups in total. The maximum Gasteiger partial charge on any atom is 0.273 e. The van der Waals surface area contributed by atoms with Crippen molar-refractivity contribution in [2.75, 3.05) is 39.2 Å². The van der Waals surface area contributed by atoms with Crippen LogP contribution in [0.4, 0.5) is 0 Å². The van der Waals surface area contributed by atoms with E-state index >= 15 is 0 Å². The molecule has 3 aliphatic heterocycles. The summed E-state index contributed by atoms with van der Waals surface area (Å²) in [7, 11) is 0. The second-order valence-corrected chi connectivity index (χ2v) is 8.78. The second-order valence-electron chi connectivity index (χ2n) is 6.87. The molecule has 0 bridgehead atoms. The topological polar surface area (TPSA) is 51.7 Å². The van der Waals surface area contributed by atoms with Gasteiger partial charge in [0.2, 0.25) is 0 Å². The molecular formula is C18H24N2O3S2. The minimum absolute atomic E-state index is 0.0334. The van der Waals surface area contributed by atoms with Gasteiger partial charge in [0.05, 0.1) is 19.8 Å². The molecule has 2 fully saturated rings. The molecule has 3 aliphatic rings. The summed E-state index contributed by atoms with van der Waals surface area (Å²) in [5.41, 5.74) is 2.00. The first-order valence-corrected chi connectivity index (χ1v) is 11.0. The Morgan fingerprint density at radius 3 is 3.12 bits per heavy atom. The number of amides is 1. The molecule has 1 aromatic rings. The van der Waals surface area contributed by atoms with Crippen LogP contribution < -0.4 is 0 Å². The number of likely N-dealkylation sites (tertiary alicyclic amines) is 1. The van der Waals surface area contributed by atoms with Crippen LogP contribution in [0.1, 0.15) is 36.2 Å². The van der Waals surface area contributed by atoms with Gasteiger partial charge in [-0.25, -0.2) is 4.98 Å². The Morgan fingerprint density at radius 1 is 1.44 bits per heavy atom. The number of rotatable bonds is 3. The van der Waals surface area contributed by atoms with Crippen molar-refractivity contribution in [1.82, 2.24) is 9.88 Å². The molecule has 2 atom stereocenters. The molecule has 4 heterocycles. The molecule has 0 aromatic carbocycles. The molecule has 0 spiro atoms. The highest BCUT2D eigenvalue weighted by molar-refractivity contribution is 8.00. The Hall–Kier alpha value is -0.890. The van der Waals surface area contributed by atoms with Crippen molar-refractivity contribution in [1.29, 1.82) is 0 Å². The smallest absolute Gasteiger partial charge is 0.273 e. The highest BCUT2D eigenvalue weighted by Crippen LogP contribution is 2.48. The Kier molecular flexibility index (Phi) is 5.18. The standard InChI is InChI=1S/C18H24N2O3S2/c1-24-17-19-14(11-25-17)16(21)20-7-2-6-18(12-23-10-5-15(18)20)13-3-8-22-9-4-13/h3,11,15H,2,4-10,12H2,1H3/t15-,18-/m1/s1. The highest BCUT2D eigenvalue weighted by Gasteiger charge is 2.50. The zero-order chi connectivity index (χ0) is 17.3. The van der Waals surface area contributed by atoms with Crippen molar-refractivity contribution in [3.8, 4) is 0 Å². The fourth-order valence-electron chi connectivity index (χ4n) is 4.52. The molecular weight excluding hydrogens is 356 g/mol. The number of fused-ring (bicyclic) bond motifs is 1. The summed E-state index contributed by atoms with van der Waals surface area (Å²) in [6, 6.07) is 0.214. The SMILES string of the molecule is CSc1nc(C(=O)N2CCC[C@]3(C4=CCOCC4)COCC[C@@H]23)cs1. The second kappa shape index (κ2) is 7.39. The lowest BCUT2D eigenvalue weighted by molar-refractivity contribution is -0.0740. The molecule has 1 aromatic heterocycles. The molecule has 0 aliphatic carbocycles. The molecule has 0 saturated carbocycles. The number of nitrogens with zero attached hydrogens (tertiary/aromatic N) is 2. The largest absolute Gasteiger partial charge is 0.380 e. The van der Waals surface area contributed by atoms with E-state index in [1.807, 2.05) is 11.6 Å². The predicted molar refractivity (Wildman–Crippen MR) is 99.3 cm³/mol. The minimum atomic E-state index is -0.0334. The van der Waals surface area contributed by atoms with Crippen LogP contribution in [0.3, 0.4) is 0 Å². The molecule has 0 radical (unpaired) electrons. The van der Waals surface area contributed by atoms with E-state index in [2.05, 4.69) is 16.0 Å². The number of hydrogen-bond acceptors (Lipinski definition) is 6. The summed E-state index contributed by atoms with van der Waals surface area (Å²) in [5, 5.41) is 1.90. The van der Waals surface area contributed by atoms with Gasteiger partial charge in [0, 0.05) is 30.0 Å². The van der Waals surface area contributed by atoms with Gasteiger partial charge in [0.1, 0.15) is 10.0 Å². The van der Waals surface area contributed by atoms with Crippen molar-refractivity contribution in [3.05, 3.63) is 22.7 Å². The van der Waals surface area contributed by atoms with E-state index in [1.54, 1.807) is 23.1 Å². The van der Waals surface area contributed by atoms with E-state index in [0.29, 0.717) is 12.3 Å². The van der Waals surface area contributed by atoms with Crippen molar-refractivity contribution < 1.29 is 14.3 Å². The number of ether oxygens (including phenoxy) is 2. The summed E-state index contributed by atoms with van der Waals surface area (Å²) < 4.78 is 12.4. The Bertz CT molecular complexity index is 671. The fourth-order valence-corrected chi connectivity index (χ4v) is 5.76. The normalized spacial score (nSPS) is 29.9. The lowest BCUT2D eigenvalue weighted by atomic mass is 9.65. The van der Waals surface area contributed by atoms with Gasteiger partial charge in [-0.05, 0) is 31.9 Å². The third-order valence-electron chi connectivity index (χ3n) is 5.67. The quantitative estimate of drug-likeness (QED) is 0.595. The number of thiazole rings is 1. The number of piperidine rings is 1. The van der Waals surface area contributed by atoms with Crippen LogP contribution in [-0.4, -0.2) is 61.1 Å². The third kappa shape index (κ3) is 3.16. The van der Waals surface area contributed by atoms with Gasteiger partial charge in [-0.1, -0.05) is 23.4 Å². The summed E-state index contributed by atoms with van der Waals surface area (Å²) in [6.07, 6.45) is 8.20. The van der Waals surface area contributed by atoms with E-state index in [-0.39, 0.29) is 17.4 Å². The molecule has 2 saturated heterocycles. The Balaban J connectivity index is 1.64. The summed E-state index contributed by atoms with van der Waals surface area (Å²) in [5.74, 6) is 0.0835. The van der Waals surface area contributed by atoms with E-state index in [0.717, 1.165) is 56.4 Å². The van der Waals surface area contributed by atoms with Gasteiger partial charge in [-0.3, -0.25) is 4.79 Å². The van der Waals surface area contributed by atoms with Crippen molar-refractivity contribution >= 4 is 29.0 Å². The lowest BCUT2D eigenvalue weighted by Gasteiger charge is -2.54. The number of carbonyl (C=O) groups excluding carboxylic acids is 1. The minimum Gasteiger partial charge on any atom is -0.380 e. The first-order chi connectivity index (χ1) is 12.2. The molecule has 0 unspecified atom stereocenters. The van der Waals surface area contributed by atoms with E-state index in [9.17, 15) is 4.79 Å². The zero-order valence-corrected chi connectivity index (χ0v) is 16.2. The van der Waals surface area contributed by atoms with Crippen LogP contribution in [0, 0.1) is 5.41 Å². The molecule has 5 nitrogen and oxygen atoms in total. The monoisotopic (exact) mass is 380 g/mol. The highest BCUT2D eigenvalue weighted by atomic mass is 32.2. The zero-order valence-electron chi connectivity index (χ0n) is 14.5. The van der Waals surface area contributed by atoms with Crippen LogP contribution in [-0.2, 0) is 9.47 Å². The lowest BCUT2D eigenvalue weighted by Crippen LogP contribution is -2.59.